The van der Waals surface area contributed by atoms with E-state index in [-0.39, 0.29) is 11.9 Å². The van der Waals surface area contributed by atoms with Crippen LogP contribution in [0.5, 0.6) is 0 Å². The smallest absolute Gasteiger partial charge is 0.314 e. The molecule has 4 N–H and O–H groups in total. The summed E-state index contributed by atoms with van der Waals surface area (Å²) in [5.74, 6) is 0.237. The number of imidazole rings is 1. The standard InChI is InChI=1S/C22H33N7O/c1-3-4-11-25-22(30)26-12-5-6-14-29-15-27-20-18(16(2)9-10-23)28-17-8-7-13-24-19(17)21(20)29/h7-8,13,15-16H,3-6,9-12,14,23H2,1-2H3,(H2,25,26,30). The zero-order valence-corrected chi connectivity index (χ0v) is 18.0. The number of fused-ring (bicyclic) bond motifs is 3. The highest BCUT2D eigenvalue weighted by Crippen LogP contribution is 2.29. The molecule has 2 amide bonds. The van der Waals surface area contributed by atoms with Crippen LogP contribution in [0.4, 0.5) is 4.79 Å². The van der Waals surface area contributed by atoms with Gasteiger partial charge in [-0.05, 0) is 44.4 Å². The summed E-state index contributed by atoms with van der Waals surface area (Å²) in [5.41, 5.74) is 10.5. The van der Waals surface area contributed by atoms with Crippen LogP contribution in [0.3, 0.4) is 0 Å². The maximum absolute atomic E-state index is 11.7. The van der Waals surface area contributed by atoms with E-state index < -0.39 is 0 Å². The molecular weight excluding hydrogens is 378 g/mol. The lowest BCUT2D eigenvalue weighted by atomic mass is 10.0. The monoisotopic (exact) mass is 411 g/mol. The molecule has 1 unspecified atom stereocenters. The molecule has 162 valence electrons. The minimum atomic E-state index is -0.0867. The minimum absolute atomic E-state index is 0.0867. The summed E-state index contributed by atoms with van der Waals surface area (Å²) < 4.78 is 2.16. The van der Waals surface area contributed by atoms with Crippen molar-refractivity contribution in [2.24, 2.45) is 5.73 Å². The van der Waals surface area contributed by atoms with Gasteiger partial charge in [0.05, 0.1) is 23.1 Å². The summed E-state index contributed by atoms with van der Waals surface area (Å²) in [4.78, 5) is 25.8. The lowest BCUT2D eigenvalue weighted by Crippen LogP contribution is -2.36. The number of carbonyl (C=O) groups excluding carboxylic acids is 1. The van der Waals surface area contributed by atoms with E-state index in [0.717, 1.165) is 73.0 Å². The quantitative estimate of drug-likeness (QED) is 0.419. The van der Waals surface area contributed by atoms with E-state index in [0.29, 0.717) is 13.1 Å². The number of carbonyl (C=O) groups is 1. The first-order chi connectivity index (χ1) is 14.7. The summed E-state index contributed by atoms with van der Waals surface area (Å²) in [7, 11) is 0. The molecule has 0 aliphatic heterocycles. The molecule has 0 aliphatic carbocycles. The van der Waals surface area contributed by atoms with Crippen LogP contribution in [-0.4, -0.2) is 45.2 Å². The number of hydrogen-bond acceptors (Lipinski definition) is 5. The normalized spacial score (nSPS) is 12.4. The van der Waals surface area contributed by atoms with Crippen molar-refractivity contribution < 1.29 is 4.79 Å². The first-order valence-corrected chi connectivity index (χ1v) is 11.0. The second kappa shape index (κ2) is 10.9. The van der Waals surface area contributed by atoms with Gasteiger partial charge in [0.1, 0.15) is 11.0 Å². The van der Waals surface area contributed by atoms with Crippen LogP contribution in [0, 0.1) is 0 Å². The molecule has 8 heteroatoms. The van der Waals surface area contributed by atoms with Gasteiger partial charge < -0.3 is 20.9 Å². The average Bonchev–Trinajstić information content (AvgIpc) is 3.17. The number of aryl methyl sites for hydroxylation is 1. The number of aromatic nitrogens is 4. The second-order valence-electron chi connectivity index (χ2n) is 7.73. The van der Waals surface area contributed by atoms with E-state index in [4.69, 9.17) is 10.7 Å². The lowest BCUT2D eigenvalue weighted by Gasteiger charge is -2.13. The van der Waals surface area contributed by atoms with Crippen LogP contribution < -0.4 is 16.4 Å². The summed E-state index contributed by atoms with van der Waals surface area (Å²) >= 11 is 0. The number of amides is 2. The predicted molar refractivity (Wildman–Crippen MR) is 120 cm³/mol. The minimum Gasteiger partial charge on any atom is -0.338 e. The van der Waals surface area contributed by atoms with Crippen LogP contribution in [0.25, 0.3) is 22.1 Å². The van der Waals surface area contributed by atoms with Crippen molar-refractivity contribution in [1.82, 2.24) is 30.2 Å². The van der Waals surface area contributed by atoms with Crippen molar-refractivity contribution in [1.29, 1.82) is 0 Å². The fraction of sp³-hybridized carbons (Fsp3) is 0.545. The van der Waals surface area contributed by atoms with Crippen LogP contribution in [0.15, 0.2) is 24.7 Å². The van der Waals surface area contributed by atoms with E-state index in [2.05, 4.69) is 39.0 Å². The highest BCUT2D eigenvalue weighted by Gasteiger charge is 2.18. The molecule has 8 nitrogen and oxygen atoms in total. The molecule has 0 saturated heterocycles. The first-order valence-electron chi connectivity index (χ1n) is 11.0. The predicted octanol–water partition coefficient (Wildman–Crippen LogP) is 3.31. The number of rotatable bonds is 11. The largest absolute Gasteiger partial charge is 0.338 e. The first kappa shape index (κ1) is 22.0. The van der Waals surface area contributed by atoms with E-state index in [9.17, 15) is 4.79 Å². The Morgan fingerprint density at radius 3 is 2.73 bits per heavy atom. The van der Waals surface area contributed by atoms with Gasteiger partial charge in [-0.1, -0.05) is 20.3 Å². The maximum Gasteiger partial charge on any atom is 0.314 e. The Balaban J connectivity index is 1.69. The summed E-state index contributed by atoms with van der Waals surface area (Å²) in [6.45, 7) is 7.07. The molecule has 0 saturated carbocycles. The van der Waals surface area contributed by atoms with Crippen molar-refractivity contribution >= 4 is 28.1 Å². The van der Waals surface area contributed by atoms with E-state index >= 15 is 0 Å². The van der Waals surface area contributed by atoms with Crippen LogP contribution in [0.1, 0.15) is 57.6 Å². The maximum atomic E-state index is 11.7. The van der Waals surface area contributed by atoms with Crippen molar-refractivity contribution in [3.05, 3.63) is 30.4 Å². The highest BCUT2D eigenvalue weighted by molar-refractivity contribution is 6.00. The van der Waals surface area contributed by atoms with E-state index in [1.165, 1.54) is 0 Å². The zero-order valence-electron chi connectivity index (χ0n) is 18.0. The Bertz CT molecular complexity index is 969. The Kier molecular flexibility index (Phi) is 7.96. The Morgan fingerprint density at radius 1 is 1.17 bits per heavy atom. The van der Waals surface area contributed by atoms with Crippen molar-refractivity contribution in [2.45, 2.75) is 58.4 Å². The highest BCUT2D eigenvalue weighted by atomic mass is 16.2. The van der Waals surface area contributed by atoms with Gasteiger partial charge in [-0.2, -0.15) is 0 Å². The molecule has 0 radical (unpaired) electrons. The van der Waals surface area contributed by atoms with Gasteiger partial charge in [0.25, 0.3) is 0 Å². The van der Waals surface area contributed by atoms with Crippen LogP contribution >= 0.6 is 0 Å². The van der Waals surface area contributed by atoms with Gasteiger partial charge in [0.2, 0.25) is 0 Å². The molecule has 1 atom stereocenters. The second-order valence-corrected chi connectivity index (χ2v) is 7.73. The molecule has 0 spiro atoms. The molecule has 3 heterocycles. The molecule has 0 fully saturated rings. The molecule has 0 aromatic carbocycles. The number of pyridine rings is 2. The molecule has 3 rings (SSSR count). The molecule has 0 aliphatic rings. The van der Waals surface area contributed by atoms with Crippen LogP contribution in [-0.2, 0) is 6.54 Å². The molecule has 0 bridgehead atoms. The summed E-state index contributed by atoms with van der Waals surface area (Å²) in [5, 5.41) is 5.79. The van der Waals surface area contributed by atoms with Gasteiger partial charge in [-0.15, -0.1) is 0 Å². The van der Waals surface area contributed by atoms with Crippen molar-refractivity contribution in [3.8, 4) is 0 Å². The van der Waals surface area contributed by atoms with E-state index in [1.54, 1.807) is 6.20 Å². The fourth-order valence-electron chi connectivity index (χ4n) is 3.62. The number of nitrogens with one attached hydrogen (secondary N) is 2. The third-order valence-electron chi connectivity index (χ3n) is 5.33. The number of nitrogens with two attached hydrogens (primary N) is 1. The Hall–Kier alpha value is -2.74. The Labute approximate surface area is 177 Å². The number of urea groups is 1. The lowest BCUT2D eigenvalue weighted by molar-refractivity contribution is 0.240. The van der Waals surface area contributed by atoms with Gasteiger partial charge in [0, 0.05) is 31.7 Å². The third-order valence-corrected chi connectivity index (χ3v) is 5.33. The van der Waals surface area contributed by atoms with Gasteiger partial charge in [-0.3, -0.25) is 4.98 Å². The SMILES string of the molecule is CCCCNC(=O)NCCCCn1cnc2c(C(C)CCN)nc3cccnc3c21. The molecule has 30 heavy (non-hydrogen) atoms. The van der Waals surface area contributed by atoms with Crippen molar-refractivity contribution in [3.63, 3.8) is 0 Å². The third kappa shape index (κ3) is 5.24. The Morgan fingerprint density at radius 2 is 1.97 bits per heavy atom. The number of hydrogen-bond donors (Lipinski definition) is 3. The van der Waals surface area contributed by atoms with Crippen LogP contribution in [0.2, 0.25) is 0 Å². The van der Waals surface area contributed by atoms with Gasteiger partial charge >= 0.3 is 6.03 Å². The average molecular weight is 412 g/mol. The topological polar surface area (TPSA) is 111 Å². The van der Waals surface area contributed by atoms with Crippen molar-refractivity contribution in [2.75, 3.05) is 19.6 Å². The summed E-state index contributed by atoms with van der Waals surface area (Å²) in [6.07, 6.45) is 8.45. The molecular formula is C22H33N7O. The van der Waals surface area contributed by atoms with Gasteiger partial charge in [0.15, 0.2) is 0 Å². The zero-order chi connectivity index (χ0) is 21.3. The molecule has 3 aromatic heterocycles. The summed E-state index contributed by atoms with van der Waals surface area (Å²) in [6, 6.07) is 3.83. The van der Waals surface area contributed by atoms with Gasteiger partial charge in [-0.25, -0.2) is 14.8 Å². The van der Waals surface area contributed by atoms with E-state index in [1.807, 2.05) is 18.5 Å². The number of nitrogens with zero attached hydrogens (tertiary/aromatic N) is 4. The fourth-order valence-corrected chi connectivity index (χ4v) is 3.62. The number of unbranched alkanes of at least 4 members (excludes halogenated alkanes) is 2. The molecule has 3 aromatic rings.